The summed E-state index contributed by atoms with van der Waals surface area (Å²) in [5.74, 6) is 0.993. The summed E-state index contributed by atoms with van der Waals surface area (Å²) in [4.78, 5) is 16.9. The molecule has 0 amide bonds. The molecule has 0 saturated carbocycles. The number of ether oxygens (including phenoxy) is 4. The lowest BCUT2D eigenvalue weighted by Gasteiger charge is -2.23. The standard InChI is InChI=1S/C24H26N2O5/c1-6-31-24(27)15(2)22(17-9-10-19-16(12-17)8-7-11-25-19)26-18-13-20(28-3)23(30-5)21(14-18)29-4/h7-14,22,26H,2,6H2,1,3-5H3. The number of carbonyl (C=O) groups is 1. The molecule has 1 N–H and O–H groups in total. The van der Waals surface area contributed by atoms with Gasteiger partial charge in [0, 0.05) is 29.4 Å². The number of rotatable bonds is 9. The lowest BCUT2D eigenvalue weighted by molar-refractivity contribution is -0.138. The number of carbonyl (C=O) groups excluding carboxylic acids is 1. The number of benzene rings is 2. The highest BCUT2D eigenvalue weighted by Crippen LogP contribution is 2.41. The molecule has 162 valence electrons. The van der Waals surface area contributed by atoms with Crippen LogP contribution in [-0.4, -0.2) is 38.9 Å². The summed E-state index contributed by atoms with van der Waals surface area (Å²) in [5.41, 5.74) is 2.64. The number of esters is 1. The molecule has 0 radical (unpaired) electrons. The Labute approximate surface area is 181 Å². The van der Waals surface area contributed by atoms with Crippen molar-refractivity contribution in [2.75, 3.05) is 33.3 Å². The van der Waals surface area contributed by atoms with E-state index in [1.54, 1.807) is 46.6 Å². The van der Waals surface area contributed by atoms with Gasteiger partial charge in [0.2, 0.25) is 5.75 Å². The molecule has 1 atom stereocenters. The molecule has 1 aromatic heterocycles. The van der Waals surface area contributed by atoms with Gasteiger partial charge >= 0.3 is 5.97 Å². The van der Waals surface area contributed by atoms with Gasteiger partial charge in [0.05, 0.1) is 45.1 Å². The molecule has 7 nitrogen and oxygen atoms in total. The van der Waals surface area contributed by atoms with Gasteiger partial charge in [-0.3, -0.25) is 4.98 Å². The van der Waals surface area contributed by atoms with Gasteiger partial charge in [-0.1, -0.05) is 18.7 Å². The van der Waals surface area contributed by atoms with E-state index >= 15 is 0 Å². The van der Waals surface area contributed by atoms with E-state index in [0.717, 1.165) is 16.5 Å². The summed E-state index contributed by atoms with van der Waals surface area (Å²) in [6, 6.07) is 12.6. The highest BCUT2D eigenvalue weighted by atomic mass is 16.5. The van der Waals surface area contributed by atoms with Crippen molar-refractivity contribution in [3.8, 4) is 17.2 Å². The topological polar surface area (TPSA) is 78.9 Å². The Morgan fingerprint density at radius 1 is 1.06 bits per heavy atom. The maximum Gasteiger partial charge on any atom is 0.335 e. The minimum absolute atomic E-state index is 0.260. The highest BCUT2D eigenvalue weighted by Gasteiger charge is 2.24. The SMILES string of the molecule is C=C(C(=O)OCC)C(Nc1cc(OC)c(OC)c(OC)c1)c1ccc2ncccc2c1. The van der Waals surface area contributed by atoms with E-state index in [0.29, 0.717) is 22.9 Å². The van der Waals surface area contributed by atoms with Gasteiger partial charge in [0.1, 0.15) is 0 Å². The Kier molecular flexibility index (Phi) is 6.97. The van der Waals surface area contributed by atoms with E-state index in [1.165, 1.54) is 0 Å². The average Bonchev–Trinajstić information content (AvgIpc) is 2.81. The third-order valence-corrected chi connectivity index (χ3v) is 4.82. The summed E-state index contributed by atoms with van der Waals surface area (Å²) < 4.78 is 21.5. The number of hydrogen-bond donors (Lipinski definition) is 1. The van der Waals surface area contributed by atoms with Crippen molar-refractivity contribution in [1.29, 1.82) is 0 Å². The van der Waals surface area contributed by atoms with Crippen LogP contribution in [-0.2, 0) is 9.53 Å². The largest absolute Gasteiger partial charge is 0.493 e. The quantitative estimate of drug-likeness (QED) is 0.401. The molecule has 2 aromatic carbocycles. The predicted octanol–water partition coefficient (Wildman–Crippen LogP) is 4.53. The summed E-state index contributed by atoms with van der Waals surface area (Å²) >= 11 is 0. The zero-order chi connectivity index (χ0) is 22.4. The Morgan fingerprint density at radius 3 is 2.39 bits per heavy atom. The number of nitrogens with zero attached hydrogens (tertiary/aromatic N) is 1. The molecule has 0 aliphatic heterocycles. The van der Waals surface area contributed by atoms with Gasteiger partial charge in [0.25, 0.3) is 0 Å². The number of fused-ring (bicyclic) bond motifs is 1. The van der Waals surface area contributed by atoms with Crippen LogP contribution < -0.4 is 19.5 Å². The third-order valence-electron chi connectivity index (χ3n) is 4.82. The Bertz CT molecular complexity index is 1070. The molecule has 7 heteroatoms. The smallest absolute Gasteiger partial charge is 0.335 e. The molecule has 0 aliphatic rings. The zero-order valence-electron chi connectivity index (χ0n) is 18.1. The molecule has 0 bridgehead atoms. The van der Waals surface area contributed by atoms with Crippen LogP contribution in [0.25, 0.3) is 10.9 Å². The van der Waals surface area contributed by atoms with Crippen LogP contribution in [0.2, 0.25) is 0 Å². The van der Waals surface area contributed by atoms with Crippen molar-refractivity contribution in [2.24, 2.45) is 0 Å². The van der Waals surface area contributed by atoms with Gasteiger partial charge < -0.3 is 24.3 Å². The monoisotopic (exact) mass is 422 g/mol. The Morgan fingerprint density at radius 2 is 1.77 bits per heavy atom. The summed E-state index contributed by atoms with van der Waals surface area (Å²) in [6.07, 6.45) is 1.74. The van der Waals surface area contributed by atoms with E-state index < -0.39 is 12.0 Å². The van der Waals surface area contributed by atoms with Crippen molar-refractivity contribution in [3.63, 3.8) is 0 Å². The van der Waals surface area contributed by atoms with Crippen molar-refractivity contribution in [1.82, 2.24) is 4.98 Å². The number of anilines is 1. The molecule has 31 heavy (non-hydrogen) atoms. The van der Waals surface area contributed by atoms with Crippen molar-refractivity contribution < 1.29 is 23.7 Å². The molecule has 0 saturated heterocycles. The summed E-state index contributed by atoms with van der Waals surface area (Å²) in [7, 11) is 4.64. The first kappa shape index (κ1) is 22.0. The second kappa shape index (κ2) is 9.84. The van der Waals surface area contributed by atoms with Gasteiger partial charge in [-0.2, -0.15) is 0 Å². The van der Waals surface area contributed by atoms with E-state index in [-0.39, 0.29) is 12.2 Å². The Balaban J connectivity index is 2.06. The van der Waals surface area contributed by atoms with Gasteiger partial charge in [-0.05, 0) is 30.7 Å². The molecule has 0 spiro atoms. The average molecular weight is 422 g/mol. The molecule has 0 fully saturated rings. The Hall–Kier alpha value is -3.74. The fourth-order valence-corrected chi connectivity index (χ4v) is 3.32. The fraction of sp³-hybridized carbons (Fsp3) is 0.250. The van der Waals surface area contributed by atoms with Crippen molar-refractivity contribution in [2.45, 2.75) is 13.0 Å². The first-order valence-electron chi connectivity index (χ1n) is 9.79. The molecule has 0 aliphatic carbocycles. The minimum atomic E-state index is -0.550. The first-order valence-corrected chi connectivity index (χ1v) is 9.79. The van der Waals surface area contributed by atoms with E-state index in [9.17, 15) is 4.79 Å². The molecular weight excluding hydrogens is 396 g/mol. The van der Waals surface area contributed by atoms with E-state index in [2.05, 4.69) is 16.9 Å². The summed E-state index contributed by atoms with van der Waals surface area (Å²) in [5, 5.41) is 4.32. The van der Waals surface area contributed by atoms with Crippen LogP contribution in [0, 0.1) is 0 Å². The number of hydrogen-bond acceptors (Lipinski definition) is 7. The van der Waals surface area contributed by atoms with Crippen LogP contribution >= 0.6 is 0 Å². The summed E-state index contributed by atoms with van der Waals surface area (Å²) in [6.45, 7) is 6.02. The maximum absolute atomic E-state index is 12.5. The zero-order valence-corrected chi connectivity index (χ0v) is 18.1. The van der Waals surface area contributed by atoms with Crippen LogP contribution in [0.3, 0.4) is 0 Å². The molecule has 3 aromatic rings. The second-order valence-corrected chi connectivity index (χ2v) is 6.69. The molecule has 1 unspecified atom stereocenters. The number of nitrogens with one attached hydrogen (secondary N) is 1. The maximum atomic E-state index is 12.5. The van der Waals surface area contributed by atoms with Gasteiger partial charge in [-0.25, -0.2) is 4.79 Å². The van der Waals surface area contributed by atoms with Crippen LogP contribution in [0.5, 0.6) is 17.2 Å². The molecule has 3 rings (SSSR count). The lowest BCUT2D eigenvalue weighted by Crippen LogP contribution is -2.20. The normalized spacial score (nSPS) is 11.5. The van der Waals surface area contributed by atoms with Crippen molar-refractivity contribution >= 4 is 22.6 Å². The predicted molar refractivity (Wildman–Crippen MR) is 120 cm³/mol. The molecular formula is C24H26N2O5. The lowest BCUT2D eigenvalue weighted by atomic mass is 9.97. The fourth-order valence-electron chi connectivity index (χ4n) is 3.32. The van der Waals surface area contributed by atoms with E-state index in [4.69, 9.17) is 18.9 Å². The van der Waals surface area contributed by atoms with Crippen molar-refractivity contribution in [3.05, 3.63) is 66.4 Å². The minimum Gasteiger partial charge on any atom is -0.493 e. The van der Waals surface area contributed by atoms with Crippen LogP contribution in [0.1, 0.15) is 18.5 Å². The number of methoxy groups -OCH3 is 3. The number of aromatic nitrogens is 1. The van der Waals surface area contributed by atoms with Crippen LogP contribution in [0.4, 0.5) is 5.69 Å². The van der Waals surface area contributed by atoms with Gasteiger partial charge in [0.15, 0.2) is 11.5 Å². The first-order chi connectivity index (χ1) is 15.0. The van der Waals surface area contributed by atoms with E-state index in [1.807, 2.05) is 30.3 Å². The number of pyridine rings is 1. The van der Waals surface area contributed by atoms with Crippen LogP contribution in [0.15, 0.2) is 60.8 Å². The third kappa shape index (κ3) is 4.71. The van der Waals surface area contributed by atoms with Gasteiger partial charge in [-0.15, -0.1) is 0 Å². The highest BCUT2D eigenvalue weighted by molar-refractivity contribution is 5.91. The molecule has 1 heterocycles. The second-order valence-electron chi connectivity index (χ2n) is 6.69.